The molecule has 2 aromatic rings. The van der Waals surface area contributed by atoms with Crippen molar-refractivity contribution in [2.75, 3.05) is 11.9 Å². The first kappa shape index (κ1) is 30.2. The lowest BCUT2D eigenvalue weighted by Crippen LogP contribution is -2.35. The van der Waals surface area contributed by atoms with E-state index in [1.54, 1.807) is 6.07 Å². The lowest BCUT2D eigenvalue weighted by Gasteiger charge is -2.23. The molecule has 0 heterocycles. The summed E-state index contributed by atoms with van der Waals surface area (Å²) < 4.78 is 0. The van der Waals surface area contributed by atoms with E-state index < -0.39 is 0 Å². The van der Waals surface area contributed by atoms with E-state index in [9.17, 15) is 4.79 Å². The Balaban J connectivity index is 1.56. The summed E-state index contributed by atoms with van der Waals surface area (Å²) in [5.41, 5.74) is 1.88. The fourth-order valence-corrected chi connectivity index (χ4v) is 4.87. The predicted molar refractivity (Wildman–Crippen MR) is 157 cm³/mol. The van der Waals surface area contributed by atoms with E-state index in [1.807, 2.05) is 41.3 Å². The highest BCUT2D eigenvalue weighted by atomic mass is 35.5. The molecular weight excluding hydrogens is 464 g/mol. The number of unbranched alkanes of at least 4 members (excludes halogenated alkanes) is 15. The van der Waals surface area contributed by atoms with Crippen LogP contribution in [-0.2, 0) is 6.54 Å². The zero-order valence-electron chi connectivity index (χ0n) is 22.7. The molecule has 0 aliphatic carbocycles. The summed E-state index contributed by atoms with van der Waals surface area (Å²) in [5, 5.41) is 3.64. The van der Waals surface area contributed by atoms with Crippen molar-refractivity contribution in [3.8, 4) is 0 Å². The molecule has 4 heteroatoms. The molecule has 0 fully saturated rings. The maximum Gasteiger partial charge on any atom is 0.322 e. The molecule has 0 aliphatic heterocycles. The number of anilines is 1. The van der Waals surface area contributed by atoms with Gasteiger partial charge in [0.1, 0.15) is 0 Å². The van der Waals surface area contributed by atoms with Gasteiger partial charge in [0.2, 0.25) is 0 Å². The topological polar surface area (TPSA) is 32.3 Å². The van der Waals surface area contributed by atoms with Crippen molar-refractivity contribution in [2.45, 2.75) is 116 Å². The van der Waals surface area contributed by atoms with Gasteiger partial charge in [-0.15, -0.1) is 0 Å². The third-order valence-corrected chi connectivity index (χ3v) is 7.10. The van der Waals surface area contributed by atoms with Gasteiger partial charge < -0.3 is 10.2 Å². The Morgan fingerprint density at radius 1 is 0.694 bits per heavy atom. The van der Waals surface area contributed by atoms with Crippen LogP contribution in [0.2, 0.25) is 5.02 Å². The lowest BCUT2D eigenvalue weighted by molar-refractivity contribution is 0.207. The van der Waals surface area contributed by atoms with E-state index in [0.29, 0.717) is 11.6 Å². The monoisotopic (exact) mass is 512 g/mol. The first-order valence-electron chi connectivity index (χ1n) is 14.5. The molecule has 1 N–H and O–H groups in total. The SMILES string of the molecule is CCCCCCCCCCCCCCCCCCN(Cc1ccccc1)C(=O)Nc1cccc(Cl)c1. The second kappa shape index (κ2) is 20.1. The second-order valence-corrected chi connectivity index (χ2v) is 10.6. The summed E-state index contributed by atoms with van der Waals surface area (Å²) in [6.45, 7) is 3.66. The number of nitrogens with one attached hydrogen (secondary N) is 1. The van der Waals surface area contributed by atoms with Gasteiger partial charge in [-0.25, -0.2) is 4.79 Å². The van der Waals surface area contributed by atoms with Crippen molar-refractivity contribution in [3.63, 3.8) is 0 Å². The van der Waals surface area contributed by atoms with Gasteiger partial charge in [-0.1, -0.05) is 151 Å². The largest absolute Gasteiger partial charge is 0.322 e. The smallest absolute Gasteiger partial charge is 0.320 e. The van der Waals surface area contributed by atoms with Gasteiger partial charge in [0.15, 0.2) is 0 Å². The normalized spacial score (nSPS) is 10.9. The Morgan fingerprint density at radius 2 is 1.22 bits per heavy atom. The molecule has 0 unspecified atom stereocenters. The minimum atomic E-state index is -0.0675. The minimum absolute atomic E-state index is 0.0675. The molecule has 0 radical (unpaired) electrons. The number of urea groups is 1. The van der Waals surface area contributed by atoms with Crippen LogP contribution in [0.1, 0.15) is 115 Å². The fourth-order valence-electron chi connectivity index (χ4n) is 4.68. The van der Waals surface area contributed by atoms with Crippen LogP contribution in [0.25, 0.3) is 0 Å². The summed E-state index contributed by atoms with van der Waals surface area (Å²) in [6, 6.07) is 17.5. The number of amides is 2. The minimum Gasteiger partial charge on any atom is -0.320 e. The van der Waals surface area contributed by atoms with E-state index in [-0.39, 0.29) is 6.03 Å². The second-order valence-electron chi connectivity index (χ2n) is 10.2. The molecule has 0 atom stereocenters. The van der Waals surface area contributed by atoms with E-state index in [2.05, 4.69) is 24.4 Å². The van der Waals surface area contributed by atoms with E-state index >= 15 is 0 Å². The average Bonchev–Trinajstić information content (AvgIpc) is 2.88. The van der Waals surface area contributed by atoms with Crippen LogP contribution in [0.5, 0.6) is 0 Å². The Hall–Kier alpha value is -2.00. The van der Waals surface area contributed by atoms with Crippen molar-refractivity contribution in [2.24, 2.45) is 0 Å². The Bertz CT molecular complexity index is 811. The van der Waals surface area contributed by atoms with Gasteiger partial charge in [-0.05, 0) is 30.2 Å². The molecule has 0 saturated heterocycles. The molecule has 3 nitrogen and oxygen atoms in total. The zero-order valence-corrected chi connectivity index (χ0v) is 23.4. The summed E-state index contributed by atoms with van der Waals surface area (Å²) in [6.07, 6.45) is 21.6. The number of benzene rings is 2. The number of halogens is 1. The van der Waals surface area contributed by atoms with E-state index in [4.69, 9.17) is 11.6 Å². The third-order valence-electron chi connectivity index (χ3n) is 6.86. The maximum atomic E-state index is 13.0. The number of carbonyl (C=O) groups is 1. The van der Waals surface area contributed by atoms with Gasteiger partial charge in [-0.3, -0.25) is 0 Å². The predicted octanol–water partition coefficient (Wildman–Crippen LogP) is 10.6. The van der Waals surface area contributed by atoms with Crippen molar-refractivity contribution >= 4 is 23.3 Å². The lowest BCUT2D eigenvalue weighted by atomic mass is 10.0. The maximum absolute atomic E-state index is 13.0. The molecule has 36 heavy (non-hydrogen) atoms. The first-order chi connectivity index (χ1) is 17.7. The van der Waals surface area contributed by atoms with Crippen LogP contribution in [0, 0.1) is 0 Å². The summed E-state index contributed by atoms with van der Waals surface area (Å²) in [5.74, 6) is 0. The number of rotatable bonds is 20. The molecule has 0 bridgehead atoms. The van der Waals surface area contributed by atoms with E-state index in [1.165, 1.54) is 96.3 Å². The molecular formula is C32H49ClN2O. The van der Waals surface area contributed by atoms with Crippen molar-refractivity contribution < 1.29 is 4.79 Å². The highest BCUT2D eigenvalue weighted by Gasteiger charge is 2.14. The van der Waals surface area contributed by atoms with Crippen molar-refractivity contribution in [1.29, 1.82) is 0 Å². The Labute approximate surface area is 226 Å². The zero-order chi connectivity index (χ0) is 25.7. The van der Waals surface area contributed by atoms with Crippen LogP contribution in [0.4, 0.5) is 10.5 Å². The van der Waals surface area contributed by atoms with Gasteiger partial charge >= 0.3 is 6.03 Å². The van der Waals surface area contributed by atoms with Crippen LogP contribution < -0.4 is 5.32 Å². The Morgan fingerprint density at radius 3 is 1.75 bits per heavy atom. The highest BCUT2D eigenvalue weighted by Crippen LogP contribution is 2.17. The molecule has 0 aliphatic rings. The third kappa shape index (κ3) is 14.5. The van der Waals surface area contributed by atoms with Gasteiger partial charge in [0.05, 0.1) is 0 Å². The van der Waals surface area contributed by atoms with Crippen LogP contribution in [-0.4, -0.2) is 17.5 Å². The number of carbonyl (C=O) groups excluding carboxylic acids is 1. The number of hydrogen-bond donors (Lipinski definition) is 1. The quantitative estimate of drug-likeness (QED) is 0.176. The number of hydrogen-bond acceptors (Lipinski definition) is 1. The van der Waals surface area contributed by atoms with Crippen LogP contribution in [0.15, 0.2) is 54.6 Å². The molecule has 2 rings (SSSR count). The van der Waals surface area contributed by atoms with Crippen molar-refractivity contribution in [1.82, 2.24) is 4.90 Å². The Kier molecular flexibility index (Phi) is 16.9. The molecule has 200 valence electrons. The summed E-state index contributed by atoms with van der Waals surface area (Å²) in [7, 11) is 0. The summed E-state index contributed by atoms with van der Waals surface area (Å²) >= 11 is 6.08. The van der Waals surface area contributed by atoms with Crippen LogP contribution >= 0.6 is 11.6 Å². The highest BCUT2D eigenvalue weighted by molar-refractivity contribution is 6.30. The number of nitrogens with zero attached hydrogens (tertiary/aromatic N) is 1. The first-order valence-corrected chi connectivity index (χ1v) is 14.9. The van der Waals surface area contributed by atoms with Crippen molar-refractivity contribution in [3.05, 3.63) is 65.2 Å². The van der Waals surface area contributed by atoms with E-state index in [0.717, 1.165) is 24.2 Å². The fraction of sp³-hybridized carbons (Fsp3) is 0.594. The summed E-state index contributed by atoms with van der Waals surface area (Å²) in [4.78, 5) is 14.9. The standard InChI is InChI=1S/C32H49ClN2O/c1-2-3-4-5-6-7-8-9-10-11-12-13-14-15-16-20-26-35(28-29-22-18-17-19-23-29)32(36)34-31-25-21-24-30(33)27-31/h17-19,21-25,27H,2-16,20,26,28H2,1H3,(H,34,36). The van der Waals surface area contributed by atoms with Gasteiger partial charge in [0.25, 0.3) is 0 Å². The van der Waals surface area contributed by atoms with Crippen LogP contribution in [0.3, 0.4) is 0 Å². The molecule has 0 aromatic heterocycles. The van der Waals surface area contributed by atoms with Gasteiger partial charge in [-0.2, -0.15) is 0 Å². The molecule has 0 saturated carbocycles. The molecule has 2 amide bonds. The molecule has 2 aromatic carbocycles. The average molecular weight is 513 g/mol. The van der Waals surface area contributed by atoms with Gasteiger partial charge in [0, 0.05) is 23.8 Å². The molecule has 0 spiro atoms.